The summed E-state index contributed by atoms with van der Waals surface area (Å²) in [6.07, 6.45) is 0. The number of halogens is 1. The molecule has 2 nitrogen and oxygen atoms in total. The Morgan fingerprint density at radius 1 is 1.33 bits per heavy atom. The van der Waals surface area contributed by atoms with Gasteiger partial charge < -0.3 is 24.0 Å². The minimum atomic E-state index is 0. The van der Waals surface area contributed by atoms with E-state index in [0.29, 0.717) is 0 Å². The van der Waals surface area contributed by atoms with Gasteiger partial charge in [0.05, 0.1) is 11.1 Å². The van der Waals surface area contributed by atoms with Crippen molar-refractivity contribution in [3.05, 3.63) is 0 Å². The molecule has 12 heavy (non-hydrogen) atoms. The van der Waals surface area contributed by atoms with Gasteiger partial charge in [0.1, 0.15) is 0 Å². The van der Waals surface area contributed by atoms with Gasteiger partial charge in [0.15, 0.2) is 12.3 Å². The Kier molecular flexibility index (Phi) is 3.87. The molecule has 0 atom stereocenters. The third kappa shape index (κ3) is 1.70. The van der Waals surface area contributed by atoms with E-state index in [9.17, 15) is 0 Å². The fourth-order valence-electron chi connectivity index (χ4n) is 1.27. The smallest absolute Gasteiger partial charge is 0.193 e. The Bertz CT molecular complexity index is 239. The molecule has 1 heterocycles. The van der Waals surface area contributed by atoms with Crippen LogP contribution < -0.4 is 24.0 Å². The zero-order chi connectivity index (χ0) is 8.65. The number of hydrazone groups is 1. The Hall–Kier alpha value is 0.0700. The molecule has 0 aromatic carbocycles. The fourth-order valence-corrected chi connectivity index (χ4v) is 1.27. The number of hydrogen-bond donors (Lipinski definition) is 0. The third-order valence-electron chi connectivity index (χ3n) is 2.77. The van der Waals surface area contributed by atoms with Gasteiger partial charge in [-0.05, 0) is 32.8 Å². The van der Waals surface area contributed by atoms with Gasteiger partial charge in [0.25, 0.3) is 0 Å². The van der Waals surface area contributed by atoms with E-state index in [0.717, 1.165) is 6.54 Å². The largest absolute Gasteiger partial charge is 1.00 e. The zero-order valence-corrected chi connectivity index (χ0v) is 10.6. The van der Waals surface area contributed by atoms with Crippen LogP contribution in [-0.4, -0.2) is 22.7 Å². The fraction of sp³-hybridized carbons (Fsp3) is 0.778. The van der Waals surface area contributed by atoms with Crippen LogP contribution >= 0.6 is 0 Å². The van der Waals surface area contributed by atoms with Crippen LogP contribution in [0.25, 0.3) is 0 Å². The second-order valence-electron chi connectivity index (χ2n) is 3.61. The summed E-state index contributed by atoms with van der Waals surface area (Å²) in [5.74, 6) is 0. The average molecular weight is 280 g/mol. The molecule has 1 rings (SSSR count). The van der Waals surface area contributed by atoms with E-state index in [1.54, 1.807) is 0 Å². The molecule has 0 fully saturated rings. The van der Waals surface area contributed by atoms with Crippen molar-refractivity contribution in [2.45, 2.75) is 34.6 Å². The highest BCUT2D eigenvalue weighted by Crippen LogP contribution is 2.24. The van der Waals surface area contributed by atoms with E-state index >= 15 is 0 Å². The van der Waals surface area contributed by atoms with Gasteiger partial charge in [-0.15, -0.1) is 0 Å². The second-order valence-corrected chi connectivity index (χ2v) is 3.61. The minimum absolute atomic E-state index is 0. The molecular formula is C9H17IN2. The Morgan fingerprint density at radius 3 is 2.00 bits per heavy atom. The maximum absolute atomic E-state index is 4.45. The molecule has 0 unspecified atom stereocenters. The summed E-state index contributed by atoms with van der Waals surface area (Å²) in [5, 5.41) is 4.45. The first kappa shape index (κ1) is 12.1. The molecule has 70 valence electrons. The van der Waals surface area contributed by atoms with E-state index in [2.05, 4.69) is 44.4 Å². The predicted molar refractivity (Wildman–Crippen MR) is 48.4 cm³/mol. The van der Waals surface area contributed by atoms with Gasteiger partial charge in [-0.1, -0.05) is 4.68 Å². The van der Waals surface area contributed by atoms with Crippen molar-refractivity contribution in [1.82, 2.24) is 0 Å². The maximum atomic E-state index is 4.45. The summed E-state index contributed by atoms with van der Waals surface area (Å²) >= 11 is 0. The van der Waals surface area contributed by atoms with E-state index < -0.39 is 0 Å². The highest BCUT2D eigenvalue weighted by Gasteiger charge is 2.38. The van der Waals surface area contributed by atoms with Crippen LogP contribution in [0.4, 0.5) is 0 Å². The summed E-state index contributed by atoms with van der Waals surface area (Å²) in [6, 6.07) is 0. The summed E-state index contributed by atoms with van der Waals surface area (Å²) in [4.78, 5) is 0. The molecule has 0 amide bonds. The maximum Gasteiger partial charge on any atom is 0.193 e. The van der Waals surface area contributed by atoms with Crippen LogP contribution in [0.5, 0.6) is 0 Å². The van der Waals surface area contributed by atoms with Crippen LogP contribution in [0, 0.1) is 5.41 Å². The van der Waals surface area contributed by atoms with Crippen molar-refractivity contribution < 1.29 is 28.7 Å². The lowest BCUT2D eigenvalue weighted by atomic mass is 9.84. The molecule has 3 heteroatoms. The van der Waals surface area contributed by atoms with Crippen LogP contribution in [-0.2, 0) is 0 Å². The monoisotopic (exact) mass is 280 g/mol. The van der Waals surface area contributed by atoms with Gasteiger partial charge in [-0.2, -0.15) is 0 Å². The third-order valence-corrected chi connectivity index (χ3v) is 2.77. The summed E-state index contributed by atoms with van der Waals surface area (Å²) in [6.45, 7) is 11.8. The van der Waals surface area contributed by atoms with Crippen LogP contribution in [0.15, 0.2) is 5.10 Å². The van der Waals surface area contributed by atoms with E-state index in [1.165, 1.54) is 11.4 Å². The zero-order valence-electron chi connectivity index (χ0n) is 8.48. The predicted octanol–water partition coefficient (Wildman–Crippen LogP) is -1.10. The van der Waals surface area contributed by atoms with Crippen molar-refractivity contribution in [1.29, 1.82) is 0 Å². The molecule has 1 aliphatic heterocycles. The highest BCUT2D eigenvalue weighted by molar-refractivity contribution is 6.08. The van der Waals surface area contributed by atoms with Gasteiger partial charge in [-0.25, -0.2) is 0 Å². The first-order valence-corrected chi connectivity index (χ1v) is 4.17. The lowest BCUT2D eigenvalue weighted by Gasteiger charge is -2.12. The second kappa shape index (κ2) is 3.85. The average Bonchev–Trinajstić information content (AvgIpc) is 2.14. The molecule has 0 N–H and O–H groups in total. The van der Waals surface area contributed by atoms with Gasteiger partial charge in [-0.3, -0.25) is 0 Å². The van der Waals surface area contributed by atoms with E-state index in [-0.39, 0.29) is 29.4 Å². The summed E-state index contributed by atoms with van der Waals surface area (Å²) < 4.78 is 2.08. The van der Waals surface area contributed by atoms with Gasteiger partial charge in [0, 0.05) is 6.92 Å². The van der Waals surface area contributed by atoms with Crippen LogP contribution in [0.1, 0.15) is 34.6 Å². The number of rotatable bonds is 1. The topological polar surface area (TPSA) is 15.4 Å². The lowest BCUT2D eigenvalue weighted by Crippen LogP contribution is -3.00. The van der Waals surface area contributed by atoms with Gasteiger partial charge >= 0.3 is 0 Å². The standard InChI is InChI=1S/C9H17N2.HI/c1-6-11-8(3)9(4,5)7(2)10-11;/h6H2,1-5H3;1H/q+1;/p-1. The molecule has 0 aromatic rings. The lowest BCUT2D eigenvalue weighted by molar-refractivity contribution is -0.528. The Morgan fingerprint density at radius 2 is 1.83 bits per heavy atom. The number of hydrogen-bond acceptors (Lipinski definition) is 1. The molecule has 0 saturated heterocycles. The van der Waals surface area contributed by atoms with Crippen molar-refractivity contribution >= 4 is 11.4 Å². The normalized spacial score (nSPS) is 20.6. The van der Waals surface area contributed by atoms with Crippen molar-refractivity contribution in [2.24, 2.45) is 10.5 Å². The first-order chi connectivity index (χ1) is 5.00. The molecule has 0 aromatic heterocycles. The summed E-state index contributed by atoms with van der Waals surface area (Å²) in [7, 11) is 0. The Labute approximate surface area is 91.8 Å². The van der Waals surface area contributed by atoms with Crippen molar-refractivity contribution in [2.75, 3.05) is 6.54 Å². The molecule has 0 spiro atoms. The van der Waals surface area contributed by atoms with Crippen molar-refractivity contribution in [3.8, 4) is 0 Å². The molecule has 0 radical (unpaired) electrons. The Balaban J connectivity index is 0.00000121. The minimum Gasteiger partial charge on any atom is -1.00 e. The highest BCUT2D eigenvalue weighted by atomic mass is 127. The van der Waals surface area contributed by atoms with E-state index in [1.807, 2.05) is 0 Å². The molecular weight excluding hydrogens is 263 g/mol. The summed E-state index contributed by atoms with van der Waals surface area (Å²) in [5.41, 5.74) is 2.75. The molecule has 1 aliphatic rings. The number of nitrogens with zero attached hydrogens (tertiary/aromatic N) is 2. The van der Waals surface area contributed by atoms with Crippen molar-refractivity contribution in [3.63, 3.8) is 0 Å². The van der Waals surface area contributed by atoms with Gasteiger partial charge in [0.2, 0.25) is 0 Å². The molecule has 0 aliphatic carbocycles. The molecule has 0 saturated carbocycles. The van der Waals surface area contributed by atoms with E-state index in [4.69, 9.17) is 0 Å². The SMILES string of the molecule is CC[N+]1=C(C)C(C)(C)C(C)=N1.[I-]. The molecule has 0 bridgehead atoms. The van der Waals surface area contributed by atoms with Crippen LogP contribution in [0.2, 0.25) is 0 Å². The first-order valence-electron chi connectivity index (χ1n) is 4.17. The quantitative estimate of drug-likeness (QED) is 0.428. The van der Waals surface area contributed by atoms with Crippen LogP contribution in [0.3, 0.4) is 0 Å².